The van der Waals surface area contributed by atoms with Gasteiger partial charge in [0.2, 0.25) is 10.0 Å². The minimum atomic E-state index is -3.04. The molecule has 1 heterocycles. The van der Waals surface area contributed by atoms with Gasteiger partial charge in [-0.2, -0.15) is 0 Å². The number of nitrogens with one attached hydrogen (secondary N) is 2. The predicted molar refractivity (Wildman–Crippen MR) is 90.5 cm³/mol. The predicted octanol–water partition coefficient (Wildman–Crippen LogP) is 1.16. The Morgan fingerprint density at radius 3 is 2.45 bits per heavy atom. The van der Waals surface area contributed by atoms with Crippen LogP contribution in [0.2, 0.25) is 0 Å². The zero-order valence-electron chi connectivity index (χ0n) is 13.8. The van der Waals surface area contributed by atoms with Gasteiger partial charge in [0.05, 0.1) is 5.75 Å². The van der Waals surface area contributed by atoms with Crippen molar-refractivity contribution in [2.75, 3.05) is 32.4 Å². The molecule has 22 heavy (non-hydrogen) atoms. The van der Waals surface area contributed by atoms with Gasteiger partial charge in [-0.1, -0.05) is 12.8 Å². The first kappa shape index (κ1) is 17.5. The van der Waals surface area contributed by atoms with Gasteiger partial charge in [-0.25, -0.2) is 12.7 Å². The van der Waals surface area contributed by atoms with E-state index in [1.54, 1.807) is 18.3 Å². The molecule has 2 aliphatic rings. The Balaban J connectivity index is 1.66. The fourth-order valence-electron chi connectivity index (χ4n) is 2.85. The lowest BCUT2D eigenvalue weighted by molar-refractivity contribution is 0.306. The zero-order chi connectivity index (χ0) is 16.0. The minimum Gasteiger partial charge on any atom is -0.356 e. The van der Waals surface area contributed by atoms with Crippen LogP contribution in [0.15, 0.2) is 4.99 Å². The van der Waals surface area contributed by atoms with Gasteiger partial charge >= 0.3 is 0 Å². The molecular weight excluding hydrogens is 300 g/mol. The first-order chi connectivity index (χ1) is 10.5. The normalized spacial score (nSPS) is 21.8. The highest BCUT2D eigenvalue weighted by atomic mass is 32.2. The number of rotatable bonds is 7. The summed E-state index contributed by atoms with van der Waals surface area (Å²) in [5.74, 6) is 2.00. The van der Waals surface area contributed by atoms with Crippen LogP contribution >= 0.6 is 0 Å². The molecule has 1 aliphatic heterocycles. The summed E-state index contributed by atoms with van der Waals surface area (Å²) < 4.78 is 25.3. The quantitative estimate of drug-likeness (QED) is 0.417. The first-order valence-electron chi connectivity index (χ1n) is 8.50. The summed E-state index contributed by atoms with van der Waals surface area (Å²) in [6, 6.07) is 0.304. The van der Waals surface area contributed by atoms with Gasteiger partial charge < -0.3 is 10.6 Å². The van der Waals surface area contributed by atoms with Crippen molar-refractivity contribution in [2.45, 2.75) is 51.5 Å². The topological polar surface area (TPSA) is 73.8 Å². The monoisotopic (exact) mass is 330 g/mol. The molecule has 1 saturated carbocycles. The standard InChI is InChI=1S/C15H30N4O2S/c1-3-22(20,21)19-11-8-14(9-12-19)18-15(16-2)17-10-4-5-13-6-7-13/h13-14H,3-12H2,1-2H3,(H2,16,17,18). The maximum atomic E-state index is 11.8. The van der Waals surface area contributed by atoms with Crippen molar-refractivity contribution in [2.24, 2.45) is 10.9 Å². The molecule has 2 fully saturated rings. The molecule has 0 atom stereocenters. The fraction of sp³-hybridized carbons (Fsp3) is 0.933. The summed E-state index contributed by atoms with van der Waals surface area (Å²) >= 11 is 0. The van der Waals surface area contributed by atoms with Crippen molar-refractivity contribution in [1.82, 2.24) is 14.9 Å². The SMILES string of the molecule is CCS(=O)(=O)N1CCC(NC(=NC)NCCCC2CC2)CC1. The molecule has 0 bridgehead atoms. The number of nitrogens with zero attached hydrogens (tertiary/aromatic N) is 2. The number of hydrogen-bond donors (Lipinski definition) is 2. The molecular formula is C15H30N4O2S. The van der Waals surface area contributed by atoms with E-state index in [4.69, 9.17) is 0 Å². The lowest BCUT2D eigenvalue weighted by Crippen LogP contribution is -2.50. The van der Waals surface area contributed by atoms with Gasteiger partial charge in [0.1, 0.15) is 0 Å². The zero-order valence-corrected chi connectivity index (χ0v) is 14.7. The lowest BCUT2D eigenvalue weighted by atomic mass is 10.1. The average molecular weight is 330 g/mol. The molecule has 0 aromatic heterocycles. The molecule has 0 aromatic carbocycles. The summed E-state index contributed by atoms with van der Waals surface area (Å²) in [5.41, 5.74) is 0. The summed E-state index contributed by atoms with van der Waals surface area (Å²) in [5, 5.41) is 6.78. The molecule has 2 rings (SSSR count). The number of sulfonamides is 1. The van der Waals surface area contributed by atoms with Crippen LogP contribution in [0.25, 0.3) is 0 Å². The second-order valence-electron chi connectivity index (χ2n) is 6.30. The summed E-state index contributed by atoms with van der Waals surface area (Å²) in [7, 11) is -1.25. The molecule has 7 heteroatoms. The Morgan fingerprint density at radius 1 is 1.23 bits per heavy atom. The Morgan fingerprint density at radius 2 is 1.91 bits per heavy atom. The maximum Gasteiger partial charge on any atom is 0.213 e. The third-order valence-corrected chi connectivity index (χ3v) is 6.44. The summed E-state index contributed by atoms with van der Waals surface area (Å²) in [6.07, 6.45) is 7.00. The van der Waals surface area contributed by atoms with Crippen molar-refractivity contribution < 1.29 is 8.42 Å². The molecule has 0 aromatic rings. The molecule has 0 amide bonds. The molecule has 0 unspecified atom stereocenters. The smallest absolute Gasteiger partial charge is 0.213 e. The van der Waals surface area contributed by atoms with Crippen LogP contribution in [0.1, 0.15) is 45.4 Å². The Bertz CT molecular complexity index is 466. The van der Waals surface area contributed by atoms with Crippen LogP contribution in [-0.2, 0) is 10.0 Å². The van der Waals surface area contributed by atoms with Crippen LogP contribution in [0, 0.1) is 5.92 Å². The van der Waals surface area contributed by atoms with Gasteiger partial charge in [0, 0.05) is 32.7 Å². The van der Waals surface area contributed by atoms with Gasteiger partial charge in [-0.15, -0.1) is 0 Å². The Kier molecular flexibility index (Phi) is 6.50. The van der Waals surface area contributed by atoms with Crippen molar-refractivity contribution in [3.63, 3.8) is 0 Å². The Labute approximate surface area is 134 Å². The number of guanidine groups is 1. The molecule has 0 radical (unpaired) electrons. The van der Waals surface area contributed by atoms with E-state index in [9.17, 15) is 8.42 Å². The average Bonchev–Trinajstić information content (AvgIpc) is 3.35. The molecule has 2 N–H and O–H groups in total. The van der Waals surface area contributed by atoms with Gasteiger partial charge in [-0.05, 0) is 38.5 Å². The van der Waals surface area contributed by atoms with E-state index in [1.165, 1.54) is 25.7 Å². The third kappa shape index (κ3) is 5.43. The molecule has 1 aliphatic carbocycles. The largest absolute Gasteiger partial charge is 0.356 e. The molecule has 6 nitrogen and oxygen atoms in total. The van der Waals surface area contributed by atoms with E-state index < -0.39 is 10.0 Å². The molecule has 1 saturated heterocycles. The molecule has 0 spiro atoms. The second-order valence-corrected chi connectivity index (χ2v) is 8.56. The first-order valence-corrected chi connectivity index (χ1v) is 10.1. The fourth-order valence-corrected chi connectivity index (χ4v) is 3.99. The van der Waals surface area contributed by atoms with E-state index in [2.05, 4.69) is 15.6 Å². The minimum absolute atomic E-state index is 0.190. The third-order valence-electron chi connectivity index (χ3n) is 4.56. The van der Waals surface area contributed by atoms with E-state index in [0.717, 1.165) is 31.3 Å². The van der Waals surface area contributed by atoms with Gasteiger partial charge in [0.15, 0.2) is 5.96 Å². The van der Waals surface area contributed by atoms with Crippen LogP contribution < -0.4 is 10.6 Å². The summed E-state index contributed by atoms with van der Waals surface area (Å²) in [4.78, 5) is 4.26. The van der Waals surface area contributed by atoms with Crippen molar-refractivity contribution in [3.05, 3.63) is 0 Å². The maximum absolute atomic E-state index is 11.8. The van der Waals surface area contributed by atoms with E-state index >= 15 is 0 Å². The van der Waals surface area contributed by atoms with Crippen LogP contribution in [0.3, 0.4) is 0 Å². The summed E-state index contributed by atoms with van der Waals surface area (Å²) in [6.45, 7) is 3.87. The Hall–Kier alpha value is -0.820. The van der Waals surface area contributed by atoms with E-state index in [0.29, 0.717) is 19.1 Å². The van der Waals surface area contributed by atoms with Gasteiger partial charge in [0.25, 0.3) is 0 Å². The second kappa shape index (κ2) is 8.15. The van der Waals surface area contributed by atoms with Crippen LogP contribution in [0.4, 0.5) is 0 Å². The van der Waals surface area contributed by atoms with Gasteiger partial charge in [-0.3, -0.25) is 4.99 Å². The highest BCUT2D eigenvalue weighted by molar-refractivity contribution is 7.89. The highest BCUT2D eigenvalue weighted by Crippen LogP contribution is 2.33. The highest BCUT2D eigenvalue weighted by Gasteiger charge is 2.27. The lowest BCUT2D eigenvalue weighted by Gasteiger charge is -2.32. The molecule has 128 valence electrons. The number of aliphatic imine (C=N–C) groups is 1. The van der Waals surface area contributed by atoms with E-state index in [-0.39, 0.29) is 5.75 Å². The van der Waals surface area contributed by atoms with Crippen molar-refractivity contribution >= 4 is 16.0 Å². The van der Waals surface area contributed by atoms with Crippen LogP contribution in [0.5, 0.6) is 0 Å². The number of piperidine rings is 1. The van der Waals surface area contributed by atoms with E-state index in [1.807, 2.05) is 0 Å². The van der Waals surface area contributed by atoms with Crippen molar-refractivity contribution in [3.8, 4) is 0 Å². The number of hydrogen-bond acceptors (Lipinski definition) is 3. The van der Waals surface area contributed by atoms with Crippen LogP contribution in [-0.4, -0.2) is 57.2 Å². The van der Waals surface area contributed by atoms with Crippen molar-refractivity contribution in [1.29, 1.82) is 0 Å².